The number of hydrogen-bond acceptors (Lipinski definition) is 3. The van der Waals surface area contributed by atoms with Crippen molar-refractivity contribution in [3.8, 4) is 0 Å². The maximum atomic E-state index is 5.91. The Kier molecular flexibility index (Phi) is 5.73. The Morgan fingerprint density at radius 1 is 1.38 bits per heavy atom. The van der Waals surface area contributed by atoms with Gasteiger partial charge in [0, 0.05) is 26.7 Å². The molecule has 0 spiro atoms. The Morgan fingerprint density at radius 3 is 2.44 bits per heavy atom. The zero-order valence-corrected chi connectivity index (χ0v) is 11.2. The van der Waals surface area contributed by atoms with Gasteiger partial charge in [0.05, 0.1) is 6.10 Å². The maximum Gasteiger partial charge on any atom is 0.0595 e. The van der Waals surface area contributed by atoms with Crippen LogP contribution in [0.4, 0.5) is 0 Å². The van der Waals surface area contributed by atoms with Gasteiger partial charge < -0.3 is 15.4 Å². The van der Waals surface area contributed by atoms with Crippen LogP contribution in [-0.2, 0) is 4.74 Å². The number of likely N-dealkylation sites (tertiary alicyclic amines) is 1. The van der Waals surface area contributed by atoms with Crippen LogP contribution in [0.25, 0.3) is 0 Å². The highest BCUT2D eigenvalue weighted by atomic mass is 16.5. The largest absolute Gasteiger partial charge is 0.381 e. The summed E-state index contributed by atoms with van der Waals surface area (Å²) in [6.07, 6.45) is 5.27. The van der Waals surface area contributed by atoms with Crippen LogP contribution < -0.4 is 5.73 Å². The van der Waals surface area contributed by atoms with Crippen molar-refractivity contribution in [2.45, 2.75) is 45.6 Å². The van der Waals surface area contributed by atoms with E-state index in [1.54, 1.807) is 0 Å². The number of hydrogen-bond donors (Lipinski definition) is 1. The second kappa shape index (κ2) is 6.58. The molecule has 0 bridgehead atoms. The van der Waals surface area contributed by atoms with Crippen molar-refractivity contribution < 1.29 is 4.74 Å². The van der Waals surface area contributed by atoms with E-state index in [0.717, 1.165) is 26.2 Å². The van der Waals surface area contributed by atoms with Crippen molar-refractivity contribution in [2.75, 3.05) is 33.3 Å². The van der Waals surface area contributed by atoms with Crippen molar-refractivity contribution in [3.05, 3.63) is 0 Å². The lowest BCUT2D eigenvalue weighted by molar-refractivity contribution is 0.0278. The average molecular weight is 228 g/mol. The number of piperidine rings is 1. The third kappa shape index (κ3) is 4.04. The van der Waals surface area contributed by atoms with Gasteiger partial charge in [-0.25, -0.2) is 0 Å². The Bertz CT molecular complexity index is 190. The Morgan fingerprint density at radius 2 is 2.00 bits per heavy atom. The fraction of sp³-hybridized carbons (Fsp3) is 1.00. The molecule has 1 rings (SSSR count). The van der Waals surface area contributed by atoms with Crippen LogP contribution in [0.15, 0.2) is 0 Å². The average Bonchev–Trinajstić information content (AvgIpc) is 2.30. The molecule has 3 heteroatoms. The predicted octanol–water partition coefficient (Wildman–Crippen LogP) is 1.86. The molecule has 1 aliphatic heterocycles. The summed E-state index contributed by atoms with van der Waals surface area (Å²) in [5.74, 6) is 0. The number of ether oxygens (including phenoxy) is 1. The van der Waals surface area contributed by atoms with E-state index in [0.29, 0.717) is 11.5 Å². The molecule has 0 aromatic carbocycles. The van der Waals surface area contributed by atoms with E-state index in [1.165, 1.54) is 25.7 Å². The van der Waals surface area contributed by atoms with Gasteiger partial charge in [-0.3, -0.25) is 0 Å². The molecule has 16 heavy (non-hydrogen) atoms. The lowest BCUT2D eigenvalue weighted by Gasteiger charge is -2.38. The van der Waals surface area contributed by atoms with Gasteiger partial charge in [0.2, 0.25) is 0 Å². The number of nitrogens with zero attached hydrogens (tertiary/aromatic N) is 1. The first-order valence-corrected chi connectivity index (χ1v) is 6.59. The number of methoxy groups -OCH3 is 1. The summed E-state index contributed by atoms with van der Waals surface area (Å²) in [5.41, 5.74) is 6.21. The van der Waals surface area contributed by atoms with E-state index >= 15 is 0 Å². The minimum Gasteiger partial charge on any atom is -0.381 e. The van der Waals surface area contributed by atoms with Gasteiger partial charge in [-0.15, -0.1) is 0 Å². The van der Waals surface area contributed by atoms with E-state index in [2.05, 4.69) is 18.7 Å². The molecular weight excluding hydrogens is 200 g/mol. The summed E-state index contributed by atoms with van der Waals surface area (Å²) in [6, 6.07) is 0. The van der Waals surface area contributed by atoms with Crippen LogP contribution in [-0.4, -0.2) is 44.3 Å². The van der Waals surface area contributed by atoms with Gasteiger partial charge in [0.25, 0.3) is 0 Å². The molecule has 1 heterocycles. The van der Waals surface area contributed by atoms with Gasteiger partial charge >= 0.3 is 0 Å². The summed E-state index contributed by atoms with van der Waals surface area (Å²) >= 11 is 0. The molecule has 3 nitrogen and oxygen atoms in total. The van der Waals surface area contributed by atoms with Gasteiger partial charge in [-0.2, -0.15) is 0 Å². The summed E-state index contributed by atoms with van der Waals surface area (Å²) < 4.78 is 5.39. The van der Waals surface area contributed by atoms with E-state index in [-0.39, 0.29) is 0 Å². The van der Waals surface area contributed by atoms with Crippen LogP contribution in [0.3, 0.4) is 0 Å². The Labute approximate surface area is 100 Å². The fourth-order valence-electron chi connectivity index (χ4n) is 2.69. The molecule has 96 valence electrons. The van der Waals surface area contributed by atoms with E-state index < -0.39 is 0 Å². The molecule has 2 N–H and O–H groups in total. The van der Waals surface area contributed by atoms with Gasteiger partial charge in [0.15, 0.2) is 0 Å². The smallest absolute Gasteiger partial charge is 0.0595 e. The van der Waals surface area contributed by atoms with Crippen molar-refractivity contribution >= 4 is 0 Å². The standard InChI is InChI=1S/C13H28N2O/c1-4-7-13(2,10-14)11-15-8-5-12(16-3)6-9-15/h12H,4-11,14H2,1-3H3. The maximum absolute atomic E-state index is 5.91. The first kappa shape index (κ1) is 13.9. The molecule has 0 aliphatic carbocycles. The van der Waals surface area contributed by atoms with Crippen molar-refractivity contribution in [2.24, 2.45) is 11.1 Å². The third-order valence-corrected chi connectivity index (χ3v) is 3.82. The normalized spacial score (nSPS) is 23.2. The molecule has 0 aromatic rings. The lowest BCUT2D eigenvalue weighted by Crippen LogP contribution is -2.45. The van der Waals surface area contributed by atoms with Crippen molar-refractivity contribution in [1.29, 1.82) is 0 Å². The van der Waals surface area contributed by atoms with Gasteiger partial charge in [-0.1, -0.05) is 20.3 Å². The first-order chi connectivity index (χ1) is 7.63. The SMILES string of the molecule is CCCC(C)(CN)CN1CCC(OC)CC1. The van der Waals surface area contributed by atoms with Crippen LogP contribution in [0.1, 0.15) is 39.5 Å². The summed E-state index contributed by atoms with van der Waals surface area (Å²) in [7, 11) is 1.82. The highest BCUT2D eigenvalue weighted by molar-refractivity contribution is 4.82. The molecule has 1 aliphatic rings. The van der Waals surface area contributed by atoms with Gasteiger partial charge in [0.1, 0.15) is 0 Å². The summed E-state index contributed by atoms with van der Waals surface area (Å²) in [4.78, 5) is 2.55. The highest BCUT2D eigenvalue weighted by Crippen LogP contribution is 2.25. The van der Waals surface area contributed by atoms with E-state index in [1.807, 2.05) is 7.11 Å². The molecule has 1 fully saturated rings. The molecule has 0 saturated carbocycles. The summed E-state index contributed by atoms with van der Waals surface area (Å²) in [6.45, 7) is 8.83. The Hall–Kier alpha value is -0.120. The van der Waals surface area contributed by atoms with Crippen LogP contribution in [0, 0.1) is 5.41 Å². The molecule has 0 amide bonds. The third-order valence-electron chi connectivity index (χ3n) is 3.82. The molecule has 1 atom stereocenters. The summed E-state index contributed by atoms with van der Waals surface area (Å²) in [5, 5.41) is 0. The first-order valence-electron chi connectivity index (χ1n) is 6.59. The predicted molar refractivity (Wildman–Crippen MR) is 68.5 cm³/mol. The van der Waals surface area contributed by atoms with Crippen molar-refractivity contribution in [1.82, 2.24) is 4.90 Å². The Balaban J connectivity index is 2.36. The van der Waals surface area contributed by atoms with E-state index in [4.69, 9.17) is 10.5 Å². The second-order valence-corrected chi connectivity index (χ2v) is 5.48. The van der Waals surface area contributed by atoms with Crippen LogP contribution >= 0.6 is 0 Å². The van der Waals surface area contributed by atoms with Crippen LogP contribution in [0.5, 0.6) is 0 Å². The van der Waals surface area contributed by atoms with Crippen molar-refractivity contribution in [3.63, 3.8) is 0 Å². The molecule has 0 aromatic heterocycles. The molecule has 0 radical (unpaired) electrons. The highest BCUT2D eigenvalue weighted by Gasteiger charge is 2.27. The minimum atomic E-state index is 0.300. The zero-order valence-electron chi connectivity index (χ0n) is 11.2. The van der Waals surface area contributed by atoms with Crippen LogP contribution in [0.2, 0.25) is 0 Å². The fourth-order valence-corrected chi connectivity index (χ4v) is 2.69. The second-order valence-electron chi connectivity index (χ2n) is 5.48. The number of nitrogens with two attached hydrogens (primary N) is 1. The molecule has 1 saturated heterocycles. The molecular formula is C13H28N2O. The number of rotatable bonds is 6. The van der Waals surface area contributed by atoms with E-state index in [9.17, 15) is 0 Å². The van der Waals surface area contributed by atoms with Gasteiger partial charge in [-0.05, 0) is 31.2 Å². The quantitative estimate of drug-likeness (QED) is 0.754. The zero-order chi connectivity index (χ0) is 12.0. The molecule has 1 unspecified atom stereocenters. The lowest BCUT2D eigenvalue weighted by atomic mass is 9.84. The monoisotopic (exact) mass is 228 g/mol. The minimum absolute atomic E-state index is 0.300. The topological polar surface area (TPSA) is 38.5 Å².